The van der Waals surface area contributed by atoms with Gasteiger partial charge in [-0.3, -0.25) is 14.4 Å². The second-order valence-electron chi connectivity index (χ2n) is 8.54. The minimum Gasteiger partial charge on any atom is -0.340 e. The van der Waals surface area contributed by atoms with Crippen molar-refractivity contribution in [2.45, 2.75) is 44.9 Å². The van der Waals surface area contributed by atoms with Crippen LogP contribution < -0.4 is 0 Å². The topological polar surface area (TPSA) is 41.4 Å². The van der Waals surface area contributed by atoms with E-state index in [-0.39, 0.29) is 18.4 Å². The average molecular weight is 455 g/mol. The van der Waals surface area contributed by atoms with Crippen LogP contribution in [0, 0.1) is 5.92 Å². The van der Waals surface area contributed by atoms with E-state index in [1.807, 2.05) is 29.2 Å². The predicted molar refractivity (Wildman–Crippen MR) is 112 cm³/mol. The fourth-order valence-electron chi connectivity index (χ4n) is 4.05. The molecule has 4 rings (SSSR count). The van der Waals surface area contributed by atoms with Crippen LogP contribution in [0.2, 0.25) is 5.02 Å². The quantitative estimate of drug-likeness (QED) is 0.649. The maximum atomic E-state index is 13.1. The van der Waals surface area contributed by atoms with Gasteiger partial charge in [-0.2, -0.15) is 18.3 Å². The minimum atomic E-state index is -4.47. The highest BCUT2D eigenvalue weighted by Crippen LogP contribution is 2.42. The van der Waals surface area contributed by atoms with Crippen molar-refractivity contribution in [2.75, 3.05) is 26.2 Å². The Bertz CT molecular complexity index is 916. The third-order valence-corrected chi connectivity index (χ3v) is 6.22. The van der Waals surface area contributed by atoms with Crippen LogP contribution in [0.25, 0.3) is 0 Å². The molecule has 9 heteroatoms. The Morgan fingerprint density at radius 1 is 1.16 bits per heavy atom. The first kappa shape index (κ1) is 22.1. The summed E-state index contributed by atoms with van der Waals surface area (Å²) in [4.78, 5) is 17.0. The summed E-state index contributed by atoms with van der Waals surface area (Å²) in [6.07, 6.45) is -2.72. The lowest BCUT2D eigenvalue weighted by atomic mass is 10.1. The average Bonchev–Trinajstić information content (AvgIpc) is 3.48. The normalized spacial score (nSPS) is 18.9. The zero-order valence-corrected chi connectivity index (χ0v) is 18.2. The van der Waals surface area contributed by atoms with Gasteiger partial charge in [0.1, 0.15) is 0 Å². The summed E-state index contributed by atoms with van der Waals surface area (Å²) in [7, 11) is 0. The second-order valence-corrected chi connectivity index (χ2v) is 8.97. The van der Waals surface area contributed by atoms with Crippen molar-refractivity contribution < 1.29 is 18.0 Å². The smallest absolute Gasteiger partial charge is 0.340 e. The minimum absolute atomic E-state index is 0.0306. The van der Waals surface area contributed by atoms with Crippen LogP contribution in [0.3, 0.4) is 0 Å². The summed E-state index contributed by atoms with van der Waals surface area (Å²) in [5, 5.41) is 4.48. The molecule has 1 saturated carbocycles. The van der Waals surface area contributed by atoms with Crippen LogP contribution >= 0.6 is 11.6 Å². The molecule has 5 nitrogen and oxygen atoms in total. The molecule has 1 saturated heterocycles. The highest BCUT2D eigenvalue weighted by Gasteiger charge is 2.38. The zero-order chi connectivity index (χ0) is 22.2. The third-order valence-electron chi connectivity index (χ3n) is 5.97. The molecule has 1 aliphatic carbocycles. The molecular weight excluding hydrogens is 429 g/mol. The van der Waals surface area contributed by atoms with Gasteiger partial charge in [-0.1, -0.05) is 30.7 Å². The molecule has 2 aromatic rings. The Kier molecular flexibility index (Phi) is 6.30. The fourth-order valence-corrected chi connectivity index (χ4v) is 4.17. The monoisotopic (exact) mass is 454 g/mol. The van der Waals surface area contributed by atoms with E-state index in [2.05, 4.69) is 10.00 Å². The Morgan fingerprint density at radius 2 is 1.81 bits per heavy atom. The van der Waals surface area contributed by atoms with Crippen molar-refractivity contribution in [2.24, 2.45) is 5.92 Å². The van der Waals surface area contributed by atoms with Gasteiger partial charge in [0.05, 0.1) is 12.5 Å². The molecule has 1 aliphatic heterocycles. The Morgan fingerprint density at radius 3 is 2.39 bits per heavy atom. The number of hydrogen-bond donors (Lipinski definition) is 0. The van der Waals surface area contributed by atoms with Gasteiger partial charge in [0.15, 0.2) is 5.69 Å². The summed E-state index contributed by atoms with van der Waals surface area (Å²) in [6, 6.07) is 8.88. The number of amides is 1. The van der Waals surface area contributed by atoms with Gasteiger partial charge in [0.25, 0.3) is 0 Å². The van der Waals surface area contributed by atoms with Crippen molar-refractivity contribution >= 4 is 17.5 Å². The number of halogens is 4. The molecule has 1 amide bonds. The first-order valence-electron chi connectivity index (χ1n) is 10.6. The number of alkyl halides is 3. The molecule has 2 heterocycles. The molecule has 0 spiro atoms. The third kappa shape index (κ3) is 5.41. The van der Waals surface area contributed by atoms with E-state index in [1.165, 1.54) is 10.2 Å². The van der Waals surface area contributed by atoms with E-state index in [0.717, 1.165) is 38.5 Å². The van der Waals surface area contributed by atoms with Gasteiger partial charge in [0, 0.05) is 49.4 Å². The highest BCUT2D eigenvalue weighted by atomic mass is 35.5. The molecule has 2 aliphatic rings. The van der Waals surface area contributed by atoms with Crippen molar-refractivity contribution in [3.8, 4) is 0 Å². The molecule has 168 valence electrons. The summed E-state index contributed by atoms with van der Waals surface area (Å²) >= 11 is 5.93. The van der Waals surface area contributed by atoms with Crippen LogP contribution in [0.5, 0.6) is 0 Å². The number of nitrogens with zero attached hydrogens (tertiary/aromatic N) is 4. The number of benzene rings is 1. The van der Waals surface area contributed by atoms with Crippen LogP contribution in [-0.4, -0.2) is 51.7 Å². The highest BCUT2D eigenvalue weighted by molar-refractivity contribution is 6.30. The number of aromatic nitrogens is 2. The second kappa shape index (κ2) is 8.82. The zero-order valence-electron chi connectivity index (χ0n) is 17.4. The van der Waals surface area contributed by atoms with E-state index in [1.54, 1.807) is 6.92 Å². The number of hydrogen-bond acceptors (Lipinski definition) is 3. The Labute approximate surface area is 184 Å². The van der Waals surface area contributed by atoms with Crippen molar-refractivity contribution in [1.82, 2.24) is 19.6 Å². The van der Waals surface area contributed by atoms with E-state index in [9.17, 15) is 18.0 Å². The molecular formula is C22H26ClF3N4O. The summed E-state index contributed by atoms with van der Waals surface area (Å²) in [5.74, 6) is -0.333. The predicted octanol–water partition coefficient (Wildman–Crippen LogP) is 4.41. The molecule has 0 N–H and O–H groups in total. The van der Waals surface area contributed by atoms with E-state index >= 15 is 0 Å². The maximum Gasteiger partial charge on any atom is 0.435 e. The number of carbonyl (C=O) groups excluding carboxylic acids is 1. The van der Waals surface area contributed by atoms with Gasteiger partial charge in [0.2, 0.25) is 5.91 Å². The van der Waals surface area contributed by atoms with E-state index in [0.29, 0.717) is 23.8 Å². The molecule has 31 heavy (non-hydrogen) atoms. The first-order valence-corrected chi connectivity index (χ1v) is 11.0. The van der Waals surface area contributed by atoms with Crippen molar-refractivity contribution in [3.05, 3.63) is 52.3 Å². The van der Waals surface area contributed by atoms with Gasteiger partial charge < -0.3 is 4.90 Å². The number of carbonyl (C=O) groups is 1. The number of rotatable bonds is 6. The lowest BCUT2D eigenvalue weighted by Gasteiger charge is -2.36. The van der Waals surface area contributed by atoms with Crippen LogP contribution in [0.4, 0.5) is 13.2 Å². The standard InChI is InChI=1S/C22H26ClF3N4O/c1-15(13-30-19(17-4-5-17)12-20(27-30)22(24,25)26)21(31)29-10-8-28(9-11-29)14-16-2-6-18(23)7-3-16/h2-3,6-7,12,15,17H,4-5,8-11,13-14H2,1H3. The Hall–Kier alpha value is -2.06. The summed E-state index contributed by atoms with van der Waals surface area (Å²) < 4.78 is 40.7. The van der Waals surface area contributed by atoms with Gasteiger partial charge in [-0.15, -0.1) is 0 Å². The SMILES string of the molecule is CC(Cn1nc(C(F)(F)F)cc1C1CC1)C(=O)N1CCN(Cc2ccc(Cl)cc2)CC1. The number of piperazine rings is 1. The van der Waals surface area contributed by atoms with Crippen LogP contribution in [0.15, 0.2) is 30.3 Å². The maximum absolute atomic E-state index is 13.1. The van der Waals surface area contributed by atoms with Gasteiger partial charge in [-0.25, -0.2) is 0 Å². The molecule has 1 aromatic carbocycles. The first-order chi connectivity index (χ1) is 14.7. The lowest BCUT2D eigenvalue weighted by Crippen LogP contribution is -2.50. The molecule has 1 aromatic heterocycles. The van der Waals surface area contributed by atoms with E-state index in [4.69, 9.17) is 11.6 Å². The van der Waals surface area contributed by atoms with Crippen molar-refractivity contribution in [1.29, 1.82) is 0 Å². The van der Waals surface area contributed by atoms with Crippen LogP contribution in [0.1, 0.15) is 42.6 Å². The molecule has 1 unspecified atom stereocenters. The van der Waals surface area contributed by atoms with Crippen LogP contribution in [-0.2, 0) is 24.1 Å². The van der Waals surface area contributed by atoms with E-state index < -0.39 is 17.8 Å². The summed E-state index contributed by atoms with van der Waals surface area (Å²) in [6.45, 7) is 5.48. The largest absolute Gasteiger partial charge is 0.435 e. The molecule has 1 atom stereocenters. The molecule has 2 fully saturated rings. The Balaban J connectivity index is 1.33. The summed E-state index contributed by atoms with van der Waals surface area (Å²) in [5.41, 5.74) is 0.897. The fraction of sp³-hybridized carbons (Fsp3) is 0.545. The van der Waals surface area contributed by atoms with Gasteiger partial charge >= 0.3 is 6.18 Å². The van der Waals surface area contributed by atoms with Gasteiger partial charge in [-0.05, 0) is 36.6 Å². The molecule has 0 bridgehead atoms. The van der Waals surface area contributed by atoms with Crippen molar-refractivity contribution in [3.63, 3.8) is 0 Å². The molecule has 0 radical (unpaired) electrons. The lowest BCUT2D eigenvalue weighted by molar-refractivity contribution is -0.141.